The van der Waals surface area contributed by atoms with Crippen LogP contribution in [0, 0.1) is 0 Å². The predicted octanol–water partition coefficient (Wildman–Crippen LogP) is 0.872. The molecule has 96 valence electrons. The number of fused-ring (bicyclic) bond motifs is 1. The molecule has 6 nitrogen and oxygen atoms in total. The maximum absolute atomic E-state index is 12.2. The van der Waals surface area contributed by atoms with Crippen molar-refractivity contribution in [3.63, 3.8) is 0 Å². The number of imidazole rings is 1. The molecule has 0 spiro atoms. The van der Waals surface area contributed by atoms with Gasteiger partial charge in [0.1, 0.15) is 0 Å². The van der Waals surface area contributed by atoms with E-state index in [1.807, 2.05) is 0 Å². The Kier molecular flexibility index (Phi) is 3.45. The first kappa shape index (κ1) is 12.3. The van der Waals surface area contributed by atoms with Crippen molar-refractivity contribution in [1.82, 2.24) is 19.1 Å². The van der Waals surface area contributed by atoms with E-state index in [1.54, 1.807) is 10.9 Å². The Morgan fingerprint density at radius 3 is 2.94 bits per heavy atom. The van der Waals surface area contributed by atoms with Crippen molar-refractivity contribution in [2.45, 2.75) is 32.9 Å². The summed E-state index contributed by atoms with van der Waals surface area (Å²) in [5.41, 5.74) is 0.0294. The molecular formula is C12H16N4O2. The molecule has 0 aliphatic heterocycles. The lowest BCUT2D eigenvalue weighted by atomic mass is 10.3. The molecule has 1 N–H and O–H groups in total. The fourth-order valence-electron chi connectivity index (χ4n) is 1.88. The fourth-order valence-corrected chi connectivity index (χ4v) is 1.88. The first-order valence-electron chi connectivity index (χ1n) is 5.98. The summed E-state index contributed by atoms with van der Waals surface area (Å²) in [5.74, 6) is 0. The molecule has 2 rings (SSSR count). The number of nitrogens with one attached hydrogen (secondary N) is 1. The van der Waals surface area contributed by atoms with E-state index in [9.17, 15) is 9.59 Å². The molecule has 0 aliphatic carbocycles. The number of rotatable bonds is 5. The number of aryl methyl sites for hydroxylation is 1. The second-order valence-corrected chi connectivity index (χ2v) is 4.12. The lowest BCUT2D eigenvalue weighted by Crippen LogP contribution is -2.35. The van der Waals surface area contributed by atoms with Gasteiger partial charge in [0, 0.05) is 13.1 Å². The molecule has 0 aromatic carbocycles. The molecule has 6 heteroatoms. The molecule has 2 aromatic heterocycles. The molecule has 0 unspecified atom stereocenters. The summed E-state index contributed by atoms with van der Waals surface area (Å²) >= 11 is 0. The molecule has 0 saturated heterocycles. The van der Waals surface area contributed by atoms with Crippen molar-refractivity contribution in [1.29, 1.82) is 0 Å². The van der Waals surface area contributed by atoms with Crippen LogP contribution in [0.3, 0.4) is 0 Å². The van der Waals surface area contributed by atoms with Crippen LogP contribution in [0.5, 0.6) is 0 Å². The van der Waals surface area contributed by atoms with Gasteiger partial charge in [0.05, 0.1) is 6.33 Å². The molecule has 0 atom stereocenters. The minimum absolute atomic E-state index is 0.197. The van der Waals surface area contributed by atoms with Gasteiger partial charge in [0.25, 0.3) is 5.56 Å². The van der Waals surface area contributed by atoms with E-state index in [0.29, 0.717) is 11.2 Å². The Labute approximate surface area is 104 Å². The van der Waals surface area contributed by atoms with Crippen molar-refractivity contribution < 1.29 is 0 Å². The quantitative estimate of drug-likeness (QED) is 0.798. The molecule has 0 amide bonds. The first-order chi connectivity index (χ1) is 8.69. The zero-order valence-electron chi connectivity index (χ0n) is 10.3. The van der Waals surface area contributed by atoms with Crippen molar-refractivity contribution in [2.75, 3.05) is 0 Å². The van der Waals surface area contributed by atoms with Gasteiger partial charge in [0.15, 0.2) is 11.2 Å². The summed E-state index contributed by atoms with van der Waals surface area (Å²) in [6, 6.07) is 0. The average Bonchev–Trinajstić information content (AvgIpc) is 2.75. The van der Waals surface area contributed by atoms with Gasteiger partial charge < -0.3 is 4.57 Å². The Hall–Kier alpha value is -2.11. The number of hydrogen-bond donors (Lipinski definition) is 1. The number of allylic oxidation sites excluding steroid dienone is 1. The van der Waals surface area contributed by atoms with E-state index >= 15 is 0 Å². The third-order valence-electron chi connectivity index (χ3n) is 2.82. The SMILES string of the molecule is C=CCn1c(=O)[nH]c2ncn(CCCC)c2c1=O. The van der Waals surface area contributed by atoms with Gasteiger partial charge in [-0.05, 0) is 6.42 Å². The maximum Gasteiger partial charge on any atom is 0.330 e. The van der Waals surface area contributed by atoms with E-state index in [1.165, 1.54) is 6.08 Å². The molecule has 2 heterocycles. The highest BCUT2D eigenvalue weighted by atomic mass is 16.2. The zero-order chi connectivity index (χ0) is 13.1. The van der Waals surface area contributed by atoms with Crippen LogP contribution < -0.4 is 11.2 Å². The normalized spacial score (nSPS) is 10.9. The summed E-state index contributed by atoms with van der Waals surface area (Å²) in [7, 11) is 0. The van der Waals surface area contributed by atoms with E-state index in [0.717, 1.165) is 24.0 Å². The van der Waals surface area contributed by atoms with Crippen molar-refractivity contribution >= 4 is 11.2 Å². The second kappa shape index (κ2) is 5.03. The number of nitrogens with zero attached hydrogens (tertiary/aromatic N) is 3. The minimum atomic E-state index is -0.451. The maximum atomic E-state index is 12.2. The monoisotopic (exact) mass is 248 g/mol. The van der Waals surface area contributed by atoms with Gasteiger partial charge in [-0.25, -0.2) is 9.78 Å². The smallest absolute Gasteiger partial charge is 0.325 e. The Bertz CT molecular complexity index is 677. The first-order valence-corrected chi connectivity index (χ1v) is 5.98. The number of hydrogen-bond acceptors (Lipinski definition) is 3. The molecule has 0 saturated carbocycles. The summed E-state index contributed by atoms with van der Waals surface area (Å²) in [5, 5.41) is 0. The fraction of sp³-hybridized carbons (Fsp3) is 0.417. The van der Waals surface area contributed by atoms with Crippen molar-refractivity contribution in [2.24, 2.45) is 0 Å². The van der Waals surface area contributed by atoms with Gasteiger partial charge in [0.2, 0.25) is 0 Å². The molecular weight excluding hydrogens is 232 g/mol. The number of unbranched alkanes of at least 4 members (excludes halogenated alkanes) is 1. The highest BCUT2D eigenvalue weighted by Crippen LogP contribution is 2.05. The van der Waals surface area contributed by atoms with E-state index in [2.05, 4.69) is 23.5 Å². The number of H-pyrrole nitrogens is 1. The molecule has 0 fully saturated rings. The van der Waals surface area contributed by atoms with Crippen LogP contribution in [-0.2, 0) is 13.1 Å². The summed E-state index contributed by atoms with van der Waals surface area (Å²) < 4.78 is 2.91. The van der Waals surface area contributed by atoms with Crippen LogP contribution >= 0.6 is 0 Å². The van der Waals surface area contributed by atoms with Crippen molar-refractivity contribution in [3.05, 3.63) is 39.8 Å². The van der Waals surface area contributed by atoms with Crippen molar-refractivity contribution in [3.8, 4) is 0 Å². The van der Waals surface area contributed by atoms with Crippen LogP contribution in [0.4, 0.5) is 0 Å². The molecule has 0 aliphatic rings. The second-order valence-electron chi connectivity index (χ2n) is 4.12. The zero-order valence-corrected chi connectivity index (χ0v) is 10.3. The average molecular weight is 248 g/mol. The summed E-state index contributed by atoms with van der Waals surface area (Å²) in [6.45, 7) is 6.55. The van der Waals surface area contributed by atoms with Gasteiger partial charge in [-0.2, -0.15) is 0 Å². The predicted molar refractivity (Wildman–Crippen MR) is 69.7 cm³/mol. The lowest BCUT2D eigenvalue weighted by Gasteiger charge is -2.04. The molecule has 0 bridgehead atoms. The van der Waals surface area contributed by atoms with Gasteiger partial charge in [-0.15, -0.1) is 6.58 Å². The lowest BCUT2D eigenvalue weighted by molar-refractivity contribution is 0.638. The number of aromatic nitrogens is 4. The van der Waals surface area contributed by atoms with E-state index < -0.39 is 5.69 Å². The van der Waals surface area contributed by atoms with Crippen LogP contribution in [0.25, 0.3) is 11.2 Å². The van der Waals surface area contributed by atoms with Crippen LogP contribution in [0.15, 0.2) is 28.6 Å². The van der Waals surface area contributed by atoms with E-state index in [-0.39, 0.29) is 12.1 Å². The molecule has 2 aromatic rings. The molecule has 0 radical (unpaired) electrons. The third-order valence-corrected chi connectivity index (χ3v) is 2.82. The van der Waals surface area contributed by atoms with Crippen LogP contribution in [0.2, 0.25) is 0 Å². The largest absolute Gasteiger partial charge is 0.330 e. The standard InChI is InChI=1S/C12H16N4O2/c1-3-5-7-15-8-13-10-9(15)11(17)16(6-4-2)12(18)14-10/h4,8H,2-3,5-7H2,1H3,(H,14,18). The van der Waals surface area contributed by atoms with Gasteiger partial charge >= 0.3 is 5.69 Å². The van der Waals surface area contributed by atoms with Gasteiger partial charge in [-0.3, -0.25) is 14.3 Å². The Morgan fingerprint density at radius 2 is 2.28 bits per heavy atom. The third kappa shape index (κ3) is 2.01. The summed E-state index contributed by atoms with van der Waals surface area (Å²) in [4.78, 5) is 30.6. The Balaban J connectivity index is 2.65. The molecule has 18 heavy (non-hydrogen) atoms. The summed E-state index contributed by atoms with van der Waals surface area (Å²) in [6.07, 6.45) is 5.11. The number of aromatic amines is 1. The Morgan fingerprint density at radius 1 is 1.50 bits per heavy atom. The van der Waals surface area contributed by atoms with Crippen LogP contribution in [-0.4, -0.2) is 19.1 Å². The highest BCUT2D eigenvalue weighted by molar-refractivity contribution is 5.69. The highest BCUT2D eigenvalue weighted by Gasteiger charge is 2.11. The van der Waals surface area contributed by atoms with Gasteiger partial charge in [-0.1, -0.05) is 19.4 Å². The topological polar surface area (TPSA) is 72.7 Å². The minimum Gasteiger partial charge on any atom is -0.325 e. The van der Waals surface area contributed by atoms with E-state index in [4.69, 9.17) is 0 Å². The van der Waals surface area contributed by atoms with Crippen LogP contribution in [0.1, 0.15) is 19.8 Å².